The van der Waals surface area contributed by atoms with Crippen molar-refractivity contribution in [2.75, 3.05) is 12.4 Å². The van der Waals surface area contributed by atoms with E-state index < -0.39 is 5.25 Å². The highest BCUT2D eigenvalue weighted by molar-refractivity contribution is 8.15. The van der Waals surface area contributed by atoms with Crippen LogP contribution in [0.1, 0.15) is 18.9 Å². The molecular formula is C20H21N3O3S. The summed E-state index contributed by atoms with van der Waals surface area (Å²) in [6, 6.07) is 14.9. The standard InChI is InChI=1S/C20H21N3O3S/c1-3-13-4-6-15(7-5-13)22-20-23-18(24)12-17(27-20)19(25)21-14-8-10-16(26-2)11-9-14/h4-11,17H,3,12H2,1-2H3,(H,21,25)(H,22,23,24)/t17-/m0/s1. The van der Waals surface area contributed by atoms with Gasteiger partial charge in [0.25, 0.3) is 0 Å². The lowest BCUT2D eigenvalue weighted by molar-refractivity contribution is -0.123. The second-order valence-electron chi connectivity index (χ2n) is 6.01. The number of amidine groups is 1. The molecule has 6 nitrogen and oxygen atoms in total. The fourth-order valence-corrected chi connectivity index (χ4v) is 3.57. The number of anilines is 1. The van der Waals surface area contributed by atoms with Gasteiger partial charge in [-0.15, -0.1) is 0 Å². The predicted molar refractivity (Wildman–Crippen MR) is 109 cm³/mol. The minimum absolute atomic E-state index is 0.112. The van der Waals surface area contributed by atoms with Crippen LogP contribution in [-0.4, -0.2) is 29.3 Å². The number of nitrogens with zero attached hydrogens (tertiary/aromatic N) is 1. The molecule has 27 heavy (non-hydrogen) atoms. The first-order valence-corrected chi connectivity index (χ1v) is 9.54. The lowest BCUT2D eigenvalue weighted by atomic mass is 10.2. The van der Waals surface area contributed by atoms with Gasteiger partial charge in [0.15, 0.2) is 5.17 Å². The molecule has 1 aliphatic heterocycles. The Bertz CT molecular complexity index is 848. The van der Waals surface area contributed by atoms with Crippen molar-refractivity contribution < 1.29 is 14.3 Å². The maximum absolute atomic E-state index is 12.6. The first-order valence-electron chi connectivity index (χ1n) is 8.66. The Morgan fingerprint density at radius 3 is 2.56 bits per heavy atom. The Morgan fingerprint density at radius 2 is 1.93 bits per heavy atom. The first kappa shape index (κ1) is 19.0. The summed E-state index contributed by atoms with van der Waals surface area (Å²) in [4.78, 5) is 29.0. The minimum atomic E-state index is -0.533. The molecule has 3 rings (SSSR count). The Morgan fingerprint density at radius 1 is 1.22 bits per heavy atom. The smallest absolute Gasteiger partial charge is 0.238 e. The molecule has 1 fully saturated rings. The van der Waals surface area contributed by atoms with Crippen molar-refractivity contribution in [2.45, 2.75) is 25.0 Å². The van der Waals surface area contributed by atoms with Gasteiger partial charge < -0.3 is 15.4 Å². The normalized spacial score (nSPS) is 18.1. The number of thioether (sulfide) groups is 1. The van der Waals surface area contributed by atoms with Gasteiger partial charge in [0.2, 0.25) is 11.8 Å². The quantitative estimate of drug-likeness (QED) is 0.828. The van der Waals surface area contributed by atoms with E-state index in [4.69, 9.17) is 4.74 Å². The van der Waals surface area contributed by atoms with Crippen LogP contribution in [-0.2, 0) is 16.0 Å². The van der Waals surface area contributed by atoms with Crippen LogP contribution < -0.4 is 15.4 Å². The number of hydrogen-bond acceptors (Lipinski definition) is 5. The summed E-state index contributed by atoms with van der Waals surface area (Å²) in [5, 5.41) is 5.47. The van der Waals surface area contributed by atoms with E-state index >= 15 is 0 Å². The second kappa shape index (κ2) is 8.73. The second-order valence-corrected chi connectivity index (χ2v) is 7.20. The zero-order valence-electron chi connectivity index (χ0n) is 15.2. The summed E-state index contributed by atoms with van der Waals surface area (Å²) in [5.74, 6) is 0.268. The fraction of sp³-hybridized carbons (Fsp3) is 0.250. The number of benzene rings is 2. The topological polar surface area (TPSA) is 79.8 Å². The minimum Gasteiger partial charge on any atom is -0.497 e. The molecule has 0 bridgehead atoms. The molecule has 7 heteroatoms. The van der Waals surface area contributed by atoms with Gasteiger partial charge >= 0.3 is 0 Å². The molecule has 2 aromatic rings. The first-order chi connectivity index (χ1) is 13.1. The predicted octanol–water partition coefficient (Wildman–Crippen LogP) is 3.51. The van der Waals surface area contributed by atoms with Crippen molar-refractivity contribution in [3.05, 3.63) is 54.1 Å². The molecule has 2 N–H and O–H groups in total. The highest BCUT2D eigenvalue weighted by Gasteiger charge is 2.30. The molecule has 0 aliphatic carbocycles. The summed E-state index contributed by atoms with van der Waals surface area (Å²) < 4.78 is 5.10. The van der Waals surface area contributed by atoms with Crippen molar-refractivity contribution >= 4 is 40.1 Å². The molecule has 0 radical (unpaired) electrons. The molecule has 1 heterocycles. The molecular weight excluding hydrogens is 362 g/mol. The van der Waals surface area contributed by atoms with Gasteiger partial charge in [0.1, 0.15) is 11.0 Å². The van der Waals surface area contributed by atoms with Crippen LogP contribution in [0.2, 0.25) is 0 Å². The molecule has 1 saturated heterocycles. The zero-order chi connectivity index (χ0) is 19.2. The van der Waals surface area contributed by atoms with Gasteiger partial charge in [0.05, 0.1) is 12.8 Å². The Kier molecular flexibility index (Phi) is 6.13. The van der Waals surface area contributed by atoms with Gasteiger partial charge in [0, 0.05) is 12.1 Å². The van der Waals surface area contributed by atoms with Crippen LogP contribution >= 0.6 is 11.8 Å². The lowest BCUT2D eigenvalue weighted by Crippen LogP contribution is -2.41. The SMILES string of the molecule is CCc1ccc(N=C2NC(=O)C[C@@H](C(=O)Nc3ccc(OC)cc3)S2)cc1. The number of hydrogen-bond donors (Lipinski definition) is 2. The summed E-state index contributed by atoms with van der Waals surface area (Å²) in [6.07, 6.45) is 1.07. The Hall–Kier alpha value is -2.80. The Labute approximate surface area is 162 Å². The van der Waals surface area contributed by atoms with E-state index in [1.165, 1.54) is 17.3 Å². The number of methoxy groups -OCH3 is 1. The number of carbonyl (C=O) groups excluding carboxylic acids is 2. The van der Waals surface area contributed by atoms with Crippen molar-refractivity contribution in [1.82, 2.24) is 5.32 Å². The highest BCUT2D eigenvalue weighted by Crippen LogP contribution is 2.25. The van der Waals surface area contributed by atoms with Crippen LogP contribution in [0.3, 0.4) is 0 Å². The zero-order valence-corrected chi connectivity index (χ0v) is 16.0. The number of aryl methyl sites for hydroxylation is 1. The fourth-order valence-electron chi connectivity index (χ4n) is 2.57. The highest BCUT2D eigenvalue weighted by atomic mass is 32.2. The van der Waals surface area contributed by atoms with Crippen LogP contribution in [0.25, 0.3) is 0 Å². The van der Waals surface area contributed by atoms with E-state index in [1.54, 1.807) is 31.4 Å². The molecule has 1 atom stereocenters. The molecule has 2 amide bonds. The third kappa shape index (κ3) is 5.10. The average Bonchev–Trinajstić information content (AvgIpc) is 2.68. The number of aliphatic imine (C=N–C) groups is 1. The lowest BCUT2D eigenvalue weighted by Gasteiger charge is -2.22. The van der Waals surface area contributed by atoms with Crippen molar-refractivity contribution in [1.29, 1.82) is 0 Å². The number of rotatable bonds is 5. The molecule has 0 aromatic heterocycles. The van der Waals surface area contributed by atoms with Gasteiger partial charge in [-0.1, -0.05) is 30.8 Å². The van der Waals surface area contributed by atoms with Crippen LogP contribution in [0, 0.1) is 0 Å². The maximum atomic E-state index is 12.6. The van der Waals surface area contributed by atoms with Crippen LogP contribution in [0.15, 0.2) is 53.5 Å². The van der Waals surface area contributed by atoms with Crippen molar-refractivity contribution in [2.24, 2.45) is 4.99 Å². The van der Waals surface area contributed by atoms with Gasteiger partial charge in [-0.3, -0.25) is 9.59 Å². The molecule has 0 spiro atoms. The van der Waals surface area contributed by atoms with E-state index in [-0.39, 0.29) is 18.2 Å². The molecule has 140 valence electrons. The van der Waals surface area contributed by atoms with E-state index in [1.807, 2.05) is 24.3 Å². The van der Waals surface area contributed by atoms with E-state index in [0.717, 1.165) is 12.1 Å². The third-order valence-electron chi connectivity index (χ3n) is 4.10. The van der Waals surface area contributed by atoms with E-state index in [0.29, 0.717) is 16.6 Å². The Balaban J connectivity index is 1.68. The summed E-state index contributed by atoms with van der Waals surface area (Å²) in [7, 11) is 1.58. The third-order valence-corrected chi connectivity index (χ3v) is 5.18. The van der Waals surface area contributed by atoms with Crippen molar-refractivity contribution in [3.8, 4) is 5.75 Å². The monoisotopic (exact) mass is 383 g/mol. The summed E-state index contributed by atoms with van der Waals surface area (Å²) in [6.45, 7) is 2.09. The molecule has 2 aromatic carbocycles. The largest absolute Gasteiger partial charge is 0.497 e. The molecule has 1 aliphatic rings. The number of nitrogens with one attached hydrogen (secondary N) is 2. The van der Waals surface area contributed by atoms with E-state index in [9.17, 15) is 9.59 Å². The molecule has 0 saturated carbocycles. The van der Waals surface area contributed by atoms with Crippen molar-refractivity contribution in [3.63, 3.8) is 0 Å². The maximum Gasteiger partial charge on any atom is 0.238 e. The molecule has 0 unspecified atom stereocenters. The van der Waals surface area contributed by atoms with Gasteiger partial charge in [-0.05, 0) is 48.4 Å². The van der Waals surface area contributed by atoms with Crippen LogP contribution in [0.5, 0.6) is 5.75 Å². The summed E-state index contributed by atoms with van der Waals surface area (Å²) in [5.41, 5.74) is 2.61. The van der Waals surface area contributed by atoms with E-state index in [2.05, 4.69) is 22.5 Å². The summed E-state index contributed by atoms with van der Waals surface area (Å²) >= 11 is 1.26. The van der Waals surface area contributed by atoms with Gasteiger partial charge in [-0.25, -0.2) is 4.99 Å². The number of ether oxygens (including phenoxy) is 1. The average molecular weight is 383 g/mol. The number of amides is 2. The van der Waals surface area contributed by atoms with Crippen LogP contribution in [0.4, 0.5) is 11.4 Å². The number of carbonyl (C=O) groups is 2. The van der Waals surface area contributed by atoms with Gasteiger partial charge in [-0.2, -0.15) is 0 Å².